The van der Waals surface area contributed by atoms with Crippen molar-refractivity contribution in [1.82, 2.24) is 0 Å². The zero-order chi connectivity index (χ0) is 9.54. The molecule has 1 aromatic rings. The molecular weight excluding hydrogens is 174 g/mol. The van der Waals surface area contributed by atoms with E-state index in [-0.39, 0.29) is 6.10 Å². The minimum atomic E-state index is -0.284. The van der Waals surface area contributed by atoms with Crippen molar-refractivity contribution >= 4 is 11.4 Å². The Morgan fingerprint density at radius 2 is 2.07 bits per heavy atom. The summed E-state index contributed by atoms with van der Waals surface area (Å²) in [6, 6.07) is 8.24. The van der Waals surface area contributed by atoms with Crippen LogP contribution in [0.15, 0.2) is 29.3 Å². The van der Waals surface area contributed by atoms with Gasteiger partial charge in [-0.3, -0.25) is 4.99 Å². The SMILES string of the molecule is O[C@@H]1CC[C@@H]2Cc3ccccc3N=C21. The third-order valence-electron chi connectivity index (χ3n) is 3.26. The van der Waals surface area contributed by atoms with Gasteiger partial charge in [0.2, 0.25) is 0 Å². The molecule has 0 saturated heterocycles. The molecular formula is C12H13NO. The van der Waals surface area contributed by atoms with Gasteiger partial charge in [-0.1, -0.05) is 18.2 Å². The average molecular weight is 187 g/mol. The normalized spacial score (nSPS) is 29.4. The Morgan fingerprint density at radius 3 is 3.00 bits per heavy atom. The first kappa shape index (κ1) is 8.18. The molecule has 0 amide bonds. The highest BCUT2D eigenvalue weighted by molar-refractivity contribution is 5.96. The fourth-order valence-electron chi connectivity index (χ4n) is 2.50. The van der Waals surface area contributed by atoms with E-state index >= 15 is 0 Å². The molecule has 2 atom stereocenters. The van der Waals surface area contributed by atoms with Gasteiger partial charge in [-0.05, 0) is 30.9 Å². The molecule has 3 rings (SSSR count). The number of nitrogens with zero attached hydrogens (tertiary/aromatic N) is 1. The maximum Gasteiger partial charge on any atom is 0.0924 e. The highest BCUT2D eigenvalue weighted by Gasteiger charge is 2.33. The van der Waals surface area contributed by atoms with Gasteiger partial charge >= 0.3 is 0 Å². The summed E-state index contributed by atoms with van der Waals surface area (Å²) in [4.78, 5) is 4.56. The van der Waals surface area contributed by atoms with Gasteiger partial charge in [-0.15, -0.1) is 0 Å². The summed E-state index contributed by atoms with van der Waals surface area (Å²) in [6.45, 7) is 0. The van der Waals surface area contributed by atoms with Gasteiger partial charge in [0.1, 0.15) is 0 Å². The molecule has 2 heteroatoms. The van der Waals surface area contributed by atoms with Crippen molar-refractivity contribution in [3.05, 3.63) is 29.8 Å². The zero-order valence-corrected chi connectivity index (χ0v) is 7.98. The smallest absolute Gasteiger partial charge is 0.0924 e. The van der Waals surface area contributed by atoms with Crippen LogP contribution >= 0.6 is 0 Å². The van der Waals surface area contributed by atoms with E-state index in [0.717, 1.165) is 30.7 Å². The fourth-order valence-corrected chi connectivity index (χ4v) is 2.50. The van der Waals surface area contributed by atoms with Crippen molar-refractivity contribution in [2.75, 3.05) is 0 Å². The summed E-state index contributed by atoms with van der Waals surface area (Å²) in [5.41, 5.74) is 3.40. The Kier molecular flexibility index (Phi) is 1.71. The first-order valence-corrected chi connectivity index (χ1v) is 5.19. The quantitative estimate of drug-likeness (QED) is 0.662. The number of benzene rings is 1. The Hall–Kier alpha value is -1.15. The molecule has 0 spiro atoms. The summed E-state index contributed by atoms with van der Waals surface area (Å²) in [7, 11) is 0. The standard InChI is InChI=1S/C12H13NO/c14-11-6-5-9-7-8-3-1-2-4-10(8)13-12(9)11/h1-4,9,11,14H,5-7H2/t9-,11-/m1/s1. The van der Waals surface area contributed by atoms with Crippen molar-refractivity contribution in [2.24, 2.45) is 10.9 Å². The van der Waals surface area contributed by atoms with Gasteiger partial charge in [-0.2, -0.15) is 0 Å². The lowest BCUT2D eigenvalue weighted by Crippen LogP contribution is -2.22. The van der Waals surface area contributed by atoms with Gasteiger partial charge in [0.25, 0.3) is 0 Å². The van der Waals surface area contributed by atoms with Crippen LogP contribution in [-0.4, -0.2) is 16.9 Å². The second kappa shape index (κ2) is 2.92. The van der Waals surface area contributed by atoms with Gasteiger partial charge in [-0.25, -0.2) is 0 Å². The molecule has 0 aromatic heterocycles. The Balaban J connectivity index is 2.09. The third kappa shape index (κ3) is 1.11. The molecule has 0 unspecified atom stereocenters. The van der Waals surface area contributed by atoms with Crippen molar-refractivity contribution < 1.29 is 5.11 Å². The van der Waals surface area contributed by atoms with E-state index in [1.165, 1.54) is 5.56 Å². The third-order valence-corrected chi connectivity index (χ3v) is 3.26. The number of hydrogen-bond acceptors (Lipinski definition) is 2. The van der Waals surface area contributed by atoms with E-state index in [1.807, 2.05) is 12.1 Å². The second-order valence-corrected chi connectivity index (χ2v) is 4.16. The summed E-state index contributed by atoms with van der Waals surface area (Å²) >= 11 is 0. The number of para-hydroxylation sites is 1. The average Bonchev–Trinajstić information content (AvgIpc) is 2.57. The summed E-state index contributed by atoms with van der Waals surface area (Å²) in [5, 5.41) is 9.72. The second-order valence-electron chi connectivity index (χ2n) is 4.16. The van der Waals surface area contributed by atoms with Gasteiger partial charge in [0.05, 0.1) is 17.5 Å². The van der Waals surface area contributed by atoms with Crippen LogP contribution in [0.4, 0.5) is 5.69 Å². The molecule has 1 heterocycles. The highest BCUT2D eigenvalue weighted by atomic mass is 16.3. The molecule has 14 heavy (non-hydrogen) atoms. The first-order chi connectivity index (χ1) is 6.84. The van der Waals surface area contributed by atoms with Crippen molar-refractivity contribution in [3.8, 4) is 0 Å². The van der Waals surface area contributed by atoms with Crippen molar-refractivity contribution in [3.63, 3.8) is 0 Å². The Morgan fingerprint density at radius 1 is 1.21 bits per heavy atom. The van der Waals surface area contributed by atoms with Crippen LogP contribution in [0.3, 0.4) is 0 Å². The molecule has 2 nitrogen and oxygen atoms in total. The molecule has 2 aliphatic rings. The lowest BCUT2D eigenvalue weighted by molar-refractivity contribution is 0.242. The number of aliphatic hydroxyl groups excluding tert-OH is 1. The van der Waals surface area contributed by atoms with Crippen LogP contribution < -0.4 is 0 Å². The molecule has 0 bridgehead atoms. The van der Waals surface area contributed by atoms with Crippen LogP contribution in [0.1, 0.15) is 18.4 Å². The first-order valence-electron chi connectivity index (χ1n) is 5.19. The van der Waals surface area contributed by atoms with Gasteiger partial charge in [0, 0.05) is 5.92 Å². The molecule has 1 aliphatic carbocycles. The van der Waals surface area contributed by atoms with E-state index in [4.69, 9.17) is 0 Å². The van der Waals surface area contributed by atoms with Crippen LogP contribution in [0.5, 0.6) is 0 Å². The monoisotopic (exact) mass is 187 g/mol. The lowest BCUT2D eigenvalue weighted by atomic mass is 9.92. The molecule has 1 aliphatic heterocycles. The summed E-state index contributed by atoms with van der Waals surface area (Å²) in [5.74, 6) is 0.500. The molecule has 0 radical (unpaired) electrons. The zero-order valence-electron chi connectivity index (χ0n) is 7.98. The van der Waals surface area contributed by atoms with Crippen molar-refractivity contribution in [2.45, 2.75) is 25.4 Å². The number of aliphatic hydroxyl groups is 1. The Labute approximate surface area is 83.3 Å². The predicted octanol–water partition coefficient (Wildman–Crippen LogP) is 2.09. The maximum atomic E-state index is 9.72. The lowest BCUT2D eigenvalue weighted by Gasteiger charge is -2.19. The largest absolute Gasteiger partial charge is 0.387 e. The van der Waals surface area contributed by atoms with E-state index in [1.54, 1.807) is 0 Å². The van der Waals surface area contributed by atoms with Crippen LogP contribution in [0.2, 0.25) is 0 Å². The van der Waals surface area contributed by atoms with E-state index in [9.17, 15) is 5.11 Å². The van der Waals surface area contributed by atoms with Crippen LogP contribution in [-0.2, 0) is 6.42 Å². The molecule has 1 N–H and O–H groups in total. The number of rotatable bonds is 0. The number of fused-ring (bicyclic) bond motifs is 2. The predicted molar refractivity (Wildman–Crippen MR) is 56.0 cm³/mol. The molecule has 1 saturated carbocycles. The summed E-state index contributed by atoms with van der Waals surface area (Å²) < 4.78 is 0. The topological polar surface area (TPSA) is 32.6 Å². The van der Waals surface area contributed by atoms with Gasteiger partial charge < -0.3 is 5.11 Å². The molecule has 72 valence electrons. The van der Waals surface area contributed by atoms with E-state index < -0.39 is 0 Å². The van der Waals surface area contributed by atoms with Crippen LogP contribution in [0.25, 0.3) is 0 Å². The van der Waals surface area contributed by atoms with Crippen LogP contribution in [0, 0.1) is 5.92 Å². The maximum absolute atomic E-state index is 9.72. The van der Waals surface area contributed by atoms with Gasteiger partial charge in [0.15, 0.2) is 0 Å². The van der Waals surface area contributed by atoms with Crippen molar-refractivity contribution in [1.29, 1.82) is 0 Å². The molecule has 1 aromatic carbocycles. The number of aliphatic imine (C=N–C) groups is 1. The highest BCUT2D eigenvalue weighted by Crippen LogP contribution is 2.35. The Bertz CT molecular complexity index is 397. The fraction of sp³-hybridized carbons (Fsp3) is 0.417. The molecule has 1 fully saturated rings. The number of hydrogen-bond donors (Lipinski definition) is 1. The van der Waals surface area contributed by atoms with E-state index in [0.29, 0.717) is 5.92 Å². The minimum Gasteiger partial charge on any atom is -0.387 e. The summed E-state index contributed by atoms with van der Waals surface area (Å²) in [6.07, 6.45) is 2.76. The minimum absolute atomic E-state index is 0.284. The van der Waals surface area contributed by atoms with E-state index in [2.05, 4.69) is 17.1 Å².